The van der Waals surface area contributed by atoms with Crippen LogP contribution in [0.5, 0.6) is 0 Å². The van der Waals surface area contributed by atoms with E-state index in [2.05, 4.69) is 5.32 Å². The molecule has 2 N–H and O–H groups in total. The minimum atomic E-state index is -0.996. The number of hydrogen-bond donors (Lipinski definition) is 2. The molecule has 0 saturated carbocycles. The maximum atomic E-state index is 11.7. The van der Waals surface area contributed by atoms with Crippen molar-refractivity contribution in [3.8, 4) is 0 Å². The number of carboxylic acid groups (broad SMARTS) is 1. The second kappa shape index (κ2) is 5.75. The van der Waals surface area contributed by atoms with Crippen molar-refractivity contribution in [2.75, 3.05) is 6.54 Å². The summed E-state index contributed by atoms with van der Waals surface area (Å²) in [6.45, 7) is 0.610. The molecule has 0 spiro atoms. The largest absolute Gasteiger partial charge is 0.480 e. The van der Waals surface area contributed by atoms with Crippen LogP contribution < -0.4 is 5.32 Å². The van der Waals surface area contributed by atoms with Crippen LogP contribution >= 0.6 is 0 Å². The van der Waals surface area contributed by atoms with Gasteiger partial charge in [-0.3, -0.25) is 9.59 Å². The number of aliphatic carboxylic acids is 1. The standard InChI is InChI=1S/C13H15NO4/c15-11-6-10(13(16)17)14-7-12(11)18-8-9-4-2-1-3-5-9/h1-5,10,12,14H,6-8H2,(H,16,17). The quantitative estimate of drug-likeness (QED) is 0.816. The van der Waals surface area contributed by atoms with Crippen LogP contribution in [0.15, 0.2) is 30.3 Å². The average Bonchev–Trinajstić information content (AvgIpc) is 2.38. The van der Waals surface area contributed by atoms with Crippen molar-refractivity contribution in [3.05, 3.63) is 35.9 Å². The predicted molar refractivity (Wildman–Crippen MR) is 64.1 cm³/mol. The Morgan fingerprint density at radius 3 is 2.72 bits per heavy atom. The number of rotatable bonds is 4. The van der Waals surface area contributed by atoms with Gasteiger partial charge in [0.2, 0.25) is 0 Å². The highest BCUT2D eigenvalue weighted by atomic mass is 16.5. The molecule has 1 saturated heterocycles. The number of ether oxygens (including phenoxy) is 1. The average molecular weight is 249 g/mol. The number of hydrogen-bond acceptors (Lipinski definition) is 4. The Labute approximate surface area is 105 Å². The smallest absolute Gasteiger partial charge is 0.321 e. The molecule has 1 aromatic rings. The summed E-state index contributed by atoms with van der Waals surface area (Å²) in [6.07, 6.45) is -0.574. The Kier molecular flexibility index (Phi) is 4.07. The fourth-order valence-corrected chi connectivity index (χ4v) is 1.87. The first kappa shape index (κ1) is 12.7. The van der Waals surface area contributed by atoms with Crippen molar-refractivity contribution in [2.45, 2.75) is 25.2 Å². The van der Waals surface area contributed by atoms with Gasteiger partial charge in [0.25, 0.3) is 0 Å². The molecule has 0 bridgehead atoms. The zero-order valence-electron chi connectivity index (χ0n) is 9.83. The zero-order chi connectivity index (χ0) is 13.0. The summed E-state index contributed by atoms with van der Waals surface area (Å²) < 4.78 is 5.50. The molecule has 0 radical (unpaired) electrons. The second-order valence-corrected chi connectivity index (χ2v) is 4.25. The van der Waals surface area contributed by atoms with E-state index in [0.717, 1.165) is 5.56 Å². The Bertz CT molecular complexity index is 432. The molecule has 2 atom stereocenters. The van der Waals surface area contributed by atoms with Crippen molar-refractivity contribution in [2.24, 2.45) is 0 Å². The fourth-order valence-electron chi connectivity index (χ4n) is 1.87. The second-order valence-electron chi connectivity index (χ2n) is 4.25. The minimum Gasteiger partial charge on any atom is -0.480 e. The molecule has 0 aromatic heterocycles. The molecule has 5 heteroatoms. The summed E-state index contributed by atoms with van der Waals surface area (Å²) in [5.41, 5.74) is 0.991. The normalized spacial score (nSPS) is 23.9. The van der Waals surface area contributed by atoms with Gasteiger partial charge in [0, 0.05) is 13.0 Å². The van der Waals surface area contributed by atoms with E-state index in [1.54, 1.807) is 0 Å². The van der Waals surface area contributed by atoms with E-state index < -0.39 is 18.1 Å². The van der Waals surface area contributed by atoms with Crippen LogP contribution in [0.3, 0.4) is 0 Å². The molecular weight excluding hydrogens is 234 g/mol. The lowest BCUT2D eigenvalue weighted by Crippen LogP contribution is -2.51. The highest BCUT2D eigenvalue weighted by Crippen LogP contribution is 2.10. The van der Waals surface area contributed by atoms with E-state index in [1.807, 2.05) is 30.3 Å². The highest BCUT2D eigenvalue weighted by molar-refractivity contribution is 5.90. The molecule has 1 aliphatic heterocycles. The molecule has 96 valence electrons. The Morgan fingerprint density at radius 2 is 2.11 bits per heavy atom. The van der Waals surface area contributed by atoms with E-state index in [1.165, 1.54) is 0 Å². The summed E-state index contributed by atoms with van der Waals surface area (Å²) in [5.74, 6) is -1.15. The number of carbonyl (C=O) groups excluding carboxylic acids is 1. The number of ketones is 1. The van der Waals surface area contributed by atoms with Crippen LogP contribution in [0.25, 0.3) is 0 Å². The molecular formula is C13H15NO4. The summed E-state index contributed by atoms with van der Waals surface area (Å²) in [6, 6.07) is 8.77. The van der Waals surface area contributed by atoms with Gasteiger partial charge < -0.3 is 15.2 Å². The van der Waals surface area contributed by atoms with E-state index >= 15 is 0 Å². The van der Waals surface area contributed by atoms with E-state index in [0.29, 0.717) is 6.61 Å². The van der Waals surface area contributed by atoms with Crippen LogP contribution in [-0.2, 0) is 20.9 Å². The Hall–Kier alpha value is -1.72. The lowest BCUT2D eigenvalue weighted by atomic mass is 10.0. The van der Waals surface area contributed by atoms with Crippen LogP contribution in [0, 0.1) is 0 Å². The number of nitrogens with one attached hydrogen (secondary N) is 1. The first-order valence-corrected chi connectivity index (χ1v) is 5.81. The lowest BCUT2D eigenvalue weighted by molar-refractivity contribution is -0.146. The number of benzene rings is 1. The Balaban J connectivity index is 1.85. The van der Waals surface area contributed by atoms with Gasteiger partial charge in [-0.2, -0.15) is 0 Å². The molecule has 0 aliphatic carbocycles. The van der Waals surface area contributed by atoms with Gasteiger partial charge in [0.1, 0.15) is 12.1 Å². The van der Waals surface area contributed by atoms with Crippen LogP contribution in [0.1, 0.15) is 12.0 Å². The number of Topliss-reactive ketones (excluding diaryl/α,β-unsaturated/α-hetero) is 1. The molecule has 1 fully saturated rings. The summed E-state index contributed by atoms with van der Waals surface area (Å²) in [7, 11) is 0. The SMILES string of the molecule is O=C(O)C1CC(=O)C(OCc2ccccc2)CN1. The molecule has 2 rings (SSSR count). The third-order valence-corrected chi connectivity index (χ3v) is 2.91. The monoisotopic (exact) mass is 249 g/mol. The van der Waals surface area contributed by atoms with Crippen molar-refractivity contribution in [3.63, 3.8) is 0 Å². The molecule has 18 heavy (non-hydrogen) atoms. The fraction of sp³-hybridized carbons (Fsp3) is 0.385. The number of carbonyl (C=O) groups is 2. The van der Waals surface area contributed by atoms with Gasteiger partial charge in [0.05, 0.1) is 6.61 Å². The van der Waals surface area contributed by atoms with Gasteiger partial charge in [-0.25, -0.2) is 0 Å². The lowest BCUT2D eigenvalue weighted by Gasteiger charge is -2.26. The third-order valence-electron chi connectivity index (χ3n) is 2.91. The zero-order valence-corrected chi connectivity index (χ0v) is 9.83. The van der Waals surface area contributed by atoms with Gasteiger partial charge >= 0.3 is 5.97 Å². The molecule has 2 unspecified atom stereocenters. The minimum absolute atomic E-state index is 0.0191. The summed E-state index contributed by atoms with van der Waals surface area (Å²) >= 11 is 0. The van der Waals surface area contributed by atoms with Crippen molar-refractivity contribution < 1.29 is 19.4 Å². The Morgan fingerprint density at radius 1 is 1.39 bits per heavy atom. The van der Waals surface area contributed by atoms with Crippen molar-refractivity contribution in [1.29, 1.82) is 0 Å². The van der Waals surface area contributed by atoms with E-state index in [4.69, 9.17) is 9.84 Å². The van der Waals surface area contributed by atoms with Gasteiger partial charge in [-0.15, -0.1) is 0 Å². The van der Waals surface area contributed by atoms with Crippen molar-refractivity contribution in [1.82, 2.24) is 5.32 Å². The first-order valence-electron chi connectivity index (χ1n) is 5.81. The number of piperidine rings is 1. The van der Waals surface area contributed by atoms with Gasteiger partial charge in [-0.05, 0) is 5.56 Å². The molecule has 0 amide bonds. The predicted octanol–water partition coefficient (Wildman–Crippen LogP) is 0.587. The van der Waals surface area contributed by atoms with Crippen LogP contribution in [0.4, 0.5) is 0 Å². The molecule has 1 aromatic carbocycles. The van der Waals surface area contributed by atoms with E-state index in [9.17, 15) is 9.59 Å². The van der Waals surface area contributed by atoms with Crippen LogP contribution in [0.2, 0.25) is 0 Å². The van der Waals surface area contributed by atoms with Gasteiger partial charge in [-0.1, -0.05) is 30.3 Å². The topological polar surface area (TPSA) is 75.6 Å². The van der Waals surface area contributed by atoms with Gasteiger partial charge in [0.15, 0.2) is 5.78 Å². The first-order chi connectivity index (χ1) is 8.66. The van der Waals surface area contributed by atoms with E-state index in [-0.39, 0.29) is 18.7 Å². The molecule has 1 aliphatic rings. The maximum absolute atomic E-state index is 11.7. The highest BCUT2D eigenvalue weighted by Gasteiger charge is 2.32. The van der Waals surface area contributed by atoms with Crippen LogP contribution in [-0.4, -0.2) is 35.5 Å². The number of carboxylic acids is 1. The molecule has 5 nitrogen and oxygen atoms in total. The van der Waals surface area contributed by atoms with Crippen molar-refractivity contribution >= 4 is 11.8 Å². The summed E-state index contributed by atoms with van der Waals surface area (Å²) in [4.78, 5) is 22.4. The summed E-state index contributed by atoms with van der Waals surface area (Å²) in [5, 5.41) is 11.6. The maximum Gasteiger partial charge on any atom is 0.321 e. The third kappa shape index (κ3) is 3.15. The molecule has 1 heterocycles.